The first-order valence-electron chi connectivity index (χ1n) is 5.59. The number of carbonyl (C=O) groups is 2. The molecule has 1 aromatic heterocycles. The zero-order chi connectivity index (χ0) is 14.9. The Morgan fingerprint density at radius 3 is 2.55 bits per heavy atom. The second-order valence-electron chi connectivity index (χ2n) is 4.45. The van der Waals surface area contributed by atoms with Gasteiger partial charge in [0.2, 0.25) is 0 Å². The molecule has 1 aromatic rings. The Bertz CT molecular complexity index is 583. The van der Waals surface area contributed by atoms with Gasteiger partial charge in [-0.15, -0.1) is 0 Å². The van der Waals surface area contributed by atoms with Crippen molar-refractivity contribution in [3.63, 3.8) is 0 Å². The first kappa shape index (κ1) is 14.6. The highest BCUT2D eigenvalue weighted by atomic mass is 79.9. The highest BCUT2D eigenvalue weighted by Gasteiger charge is 2.42. The third-order valence-electron chi connectivity index (χ3n) is 2.35. The number of carbonyl (C=O) groups excluding carboxylic acids is 2. The quantitative estimate of drug-likeness (QED) is 0.466. The number of esters is 2. The number of halogens is 2. The third kappa shape index (κ3) is 3.19. The molecule has 0 unspecified atom stereocenters. The van der Waals surface area contributed by atoms with E-state index in [9.17, 15) is 14.0 Å². The topological polar surface area (TPSA) is 77.9 Å². The van der Waals surface area contributed by atoms with Crippen molar-refractivity contribution >= 4 is 39.9 Å². The lowest BCUT2D eigenvalue weighted by atomic mass is 10.1. The minimum absolute atomic E-state index is 0.0242. The lowest BCUT2D eigenvalue weighted by molar-refractivity contribution is -0.235. The molecule has 1 fully saturated rings. The van der Waals surface area contributed by atoms with Gasteiger partial charge < -0.3 is 9.47 Å². The van der Waals surface area contributed by atoms with E-state index in [1.807, 2.05) is 0 Å². The molecule has 1 aliphatic rings. The number of hydrogen-bond acceptors (Lipinski definition) is 6. The molecule has 0 spiro atoms. The molecule has 0 radical (unpaired) electrons. The summed E-state index contributed by atoms with van der Waals surface area (Å²) in [5.74, 6) is -4.64. The molecule has 2 heterocycles. The van der Waals surface area contributed by atoms with E-state index in [0.29, 0.717) is 0 Å². The molecule has 0 bridgehead atoms. The van der Waals surface area contributed by atoms with E-state index in [1.54, 1.807) is 0 Å². The Labute approximate surface area is 122 Å². The monoisotopic (exact) mass is 344 g/mol. The number of pyridine rings is 1. The van der Waals surface area contributed by atoms with Crippen LogP contribution in [-0.2, 0) is 19.1 Å². The van der Waals surface area contributed by atoms with Gasteiger partial charge in [-0.05, 0) is 15.9 Å². The maximum Gasteiger partial charge on any atom is 0.329 e. The zero-order valence-corrected chi connectivity index (χ0v) is 12.2. The summed E-state index contributed by atoms with van der Waals surface area (Å²) < 4.78 is 23.3. The van der Waals surface area contributed by atoms with Crippen LogP contribution in [0.25, 0.3) is 0 Å². The van der Waals surface area contributed by atoms with Crippen LogP contribution in [0.1, 0.15) is 13.8 Å². The van der Waals surface area contributed by atoms with Crippen molar-refractivity contribution in [2.45, 2.75) is 19.6 Å². The van der Waals surface area contributed by atoms with Crippen molar-refractivity contribution in [3.05, 3.63) is 22.6 Å². The first-order chi connectivity index (χ1) is 9.28. The predicted molar refractivity (Wildman–Crippen MR) is 69.8 cm³/mol. The molecular weight excluding hydrogens is 335 g/mol. The highest BCUT2D eigenvalue weighted by Crippen LogP contribution is 2.23. The molecule has 0 aliphatic carbocycles. The summed E-state index contributed by atoms with van der Waals surface area (Å²) >= 11 is 2.95. The van der Waals surface area contributed by atoms with Crippen LogP contribution >= 0.6 is 15.9 Å². The van der Waals surface area contributed by atoms with Crippen molar-refractivity contribution < 1.29 is 23.5 Å². The predicted octanol–water partition coefficient (Wildman–Crippen LogP) is 2.14. The largest absolute Gasteiger partial charge is 0.422 e. The molecule has 0 aromatic carbocycles. The van der Waals surface area contributed by atoms with Crippen molar-refractivity contribution in [3.8, 4) is 0 Å². The highest BCUT2D eigenvalue weighted by molar-refractivity contribution is 9.10. The van der Waals surface area contributed by atoms with E-state index < -0.39 is 29.5 Å². The number of rotatable bonds is 2. The van der Waals surface area contributed by atoms with Crippen LogP contribution in [0.5, 0.6) is 0 Å². The molecule has 1 saturated heterocycles. The molecule has 1 aliphatic heterocycles. The Balaban J connectivity index is 2.16. The fourth-order valence-electron chi connectivity index (χ4n) is 1.48. The molecule has 2 rings (SSSR count). The molecule has 20 heavy (non-hydrogen) atoms. The summed E-state index contributed by atoms with van der Waals surface area (Å²) in [6.45, 7) is 2.89. The van der Waals surface area contributed by atoms with Crippen LogP contribution in [0.15, 0.2) is 21.7 Å². The van der Waals surface area contributed by atoms with Crippen molar-refractivity contribution in [2.24, 2.45) is 10.9 Å². The van der Waals surface area contributed by atoms with Crippen LogP contribution in [-0.4, -0.2) is 28.9 Å². The van der Waals surface area contributed by atoms with Gasteiger partial charge in [0.1, 0.15) is 5.82 Å². The summed E-state index contributed by atoms with van der Waals surface area (Å²) in [5.41, 5.74) is 0. The van der Waals surface area contributed by atoms with E-state index in [4.69, 9.17) is 9.47 Å². The zero-order valence-electron chi connectivity index (χ0n) is 10.6. The summed E-state index contributed by atoms with van der Waals surface area (Å²) in [7, 11) is 0. The molecular formula is C12H10BrFN2O4. The summed E-state index contributed by atoms with van der Waals surface area (Å²) in [5, 5.41) is 0. The van der Waals surface area contributed by atoms with E-state index in [2.05, 4.69) is 25.9 Å². The average molecular weight is 345 g/mol. The smallest absolute Gasteiger partial charge is 0.329 e. The molecule has 0 saturated carbocycles. The molecule has 8 heteroatoms. The van der Waals surface area contributed by atoms with Gasteiger partial charge in [-0.2, -0.15) is 0 Å². The van der Waals surface area contributed by atoms with Crippen molar-refractivity contribution in [2.75, 3.05) is 0 Å². The number of aromatic nitrogens is 1. The molecule has 0 atom stereocenters. The maximum atomic E-state index is 13.3. The normalized spacial score (nSPS) is 19.0. The van der Waals surface area contributed by atoms with E-state index in [0.717, 1.165) is 12.3 Å². The standard InChI is InChI=1S/C12H10BrFN2O4/c1-12(2)19-10(17)6(11(18)20-12)4-15-9-3-8(14)7(13)5-16-9/h3-6H,1-2H3. The molecule has 0 N–H and O–H groups in total. The van der Waals surface area contributed by atoms with Gasteiger partial charge in [0.05, 0.1) is 4.47 Å². The molecule has 106 valence electrons. The van der Waals surface area contributed by atoms with Gasteiger partial charge in [-0.25, -0.2) is 14.4 Å². The fraction of sp³-hybridized carbons (Fsp3) is 0.333. The van der Waals surface area contributed by atoms with Gasteiger partial charge in [-0.1, -0.05) is 0 Å². The van der Waals surface area contributed by atoms with E-state index in [-0.39, 0.29) is 10.3 Å². The van der Waals surface area contributed by atoms with Crippen LogP contribution in [0.3, 0.4) is 0 Å². The fourth-order valence-corrected chi connectivity index (χ4v) is 1.69. The summed E-state index contributed by atoms with van der Waals surface area (Å²) in [4.78, 5) is 30.9. The first-order valence-corrected chi connectivity index (χ1v) is 6.39. The van der Waals surface area contributed by atoms with Crippen molar-refractivity contribution in [1.82, 2.24) is 4.98 Å². The lowest BCUT2D eigenvalue weighted by Crippen LogP contribution is -2.46. The third-order valence-corrected chi connectivity index (χ3v) is 2.93. The van der Waals surface area contributed by atoms with Gasteiger partial charge >= 0.3 is 11.9 Å². The van der Waals surface area contributed by atoms with Gasteiger partial charge in [0, 0.05) is 32.3 Å². The van der Waals surface area contributed by atoms with Gasteiger partial charge in [0.25, 0.3) is 5.79 Å². The van der Waals surface area contributed by atoms with E-state index in [1.165, 1.54) is 20.0 Å². The number of ether oxygens (including phenoxy) is 2. The maximum absolute atomic E-state index is 13.3. The SMILES string of the molecule is CC1(C)OC(=O)C(C=Nc2cc(F)c(Br)cn2)C(=O)O1. The number of cyclic esters (lactones) is 2. The number of hydrogen-bond donors (Lipinski definition) is 0. The number of aliphatic imine (C=N–C) groups is 1. The van der Waals surface area contributed by atoms with Crippen LogP contribution in [0, 0.1) is 11.7 Å². The molecule has 6 nitrogen and oxygen atoms in total. The van der Waals surface area contributed by atoms with E-state index >= 15 is 0 Å². The second kappa shape index (κ2) is 5.28. The minimum Gasteiger partial charge on any atom is -0.422 e. The average Bonchev–Trinajstić information content (AvgIpc) is 2.31. The second-order valence-corrected chi connectivity index (χ2v) is 5.31. The Hall–Kier alpha value is -1.83. The summed E-state index contributed by atoms with van der Waals surface area (Å²) in [6, 6.07) is 1.06. The Morgan fingerprint density at radius 2 is 2.00 bits per heavy atom. The van der Waals surface area contributed by atoms with Crippen LogP contribution in [0.2, 0.25) is 0 Å². The molecule has 0 amide bonds. The van der Waals surface area contributed by atoms with Crippen molar-refractivity contribution in [1.29, 1.82) is 0 Å². The Kier molecular flexibility index (Phi) is 3.85. The Morgan fingerprint density at radius 1 is 1.40 bits per heavy atom. The van der Waals surface area contributed by atoms with Gasteiger partial charge in [0.15, 0.2) is 11.7 Å². The van der Waals surface area contributed by atoms with Crippen LogP contribution in [0.4, 0.5) is 10.2 Å². The minimum atomic E-state index is -1.29. The number of nitrogens with zero attached hydrogens (tertiary/aromatic N) is 2. The van der Waals surface area contributed by atoms with Crippen LogP contribution < -0.4 is 0 Å². The summed E-state index contributed by atoms with van der Waals surface area (Å²) in [6.07, 6.45) is 2.25. The lowest BCUT2D eigenvalue weighted by Gasteiger charge is -2.31. The van der Waals surface area contributed by atoms with Gasteiger partial charge in [-0.3, -0.25) is 9.59 Å².